The van der Waals surface area contributed by atoms with Crippen LogP contribution in [-0.4, -0.2) is 19.4 Å². The van der Waals surface area contributed by atoms with Gasteiger partial charge in [0.1, 0.15) is 5.75 Å². The Bertz CT molecular complexity index is 1080. The summed E-state index contributed by atoms with van der Waals surface area (Å²) in [6.45, 7) is 0. The Balaban J connectivity index is 1.73. The van der Waals surface area contributed by atoms with E-state index in [4.69, 9.17) is 11.6 Å². The molecule has 0 saturated carbocycles. The Morgan fingerprint density at radius 2 is 1.93 bits per heavy atom. The van der Waals surface area contributed by atoms with Gasteiger partial charge in [0.25, 0.3) is 10.0 Å². The van der Waals surface area contributed by atoms with Crippen LogP contribution in [0.15, 0.2) is 64.9 Å². The number of nitrogens with one attached hydrogen (secondary N) is 2. The number of benzene rings is 2. The third-order valence-electron chi connectivity index (χ3n) is 3.81. The summed E-state index contributed by atoms with van der Waals surface area (Å²) in [4.78, 5) is 13.1. The molecular weight excluding hydrogens is 420 g/mol. The van der Waals surface area contributed by atoms with Crippen LogP contribution >= 0.6 is 22.9 Å². The van der Waals surface area contributed by atoms with Crippen molar-refractivity contribution >= 4 is 50.2 Å². The van der Waals surface area contributed by atoms with Gasteiger partial charge in [-0.15, -0.1) is 11.3 Å². The van der Waals surface area contributed by atoms with Crippen molar-refractivity contribution in [1.82, 2.24) is 0 Å². The van der Waals surface area contributed by atoms with Gasteiger partial charge in [-0.05, 0) is 54.3 Å². The SMILES string of the molecule is O=C(CCc1cccs1)Nc1cc(S(=O)(=O)Nc2cccc(Cl)c2)ccc1O. The molecule has 3 aromatic rings. The zero-order chi connectivity index (χ0) is 20.1. The number of aromatic hydroxyl groups is 1. The number of hydrogen-bond acceptors (Lipinski definition) is 5. The number of sulfonamides is 1. The normalized spacial score (nSPS) is 11.2. The van der Waals surface area contributed by atoms with E-state index in [1.165, 1.54) is 24.3 Å². The first-order chi connectivity index (χ1) is 13.3. The van der Waals surface area contributed by atoms with Crippen LogP contribution in [0.5, 0.6) is 5.75 Å². The molecule has 1 heterocycles. The maximum atomic E-state index is 12.6. The van der Waals surface area contributed by atoms with Crippen LogP contribution in [0.1, 0.15) is 11.3 Å². The van der Waals surface area contributed by atoms with Gasteiger partial charge in [0.2, 0.25) is 5.91 Å². The summed E-state index contributed by atoms with van der Waals surface area (Å²) in [6.07, 6.45) is 0.788. The topological polar surface area (TPSA) is 95.5 Å². The standard InChI is InChI=1S/C19H17ClN2O4S2/c20-13-3-1-4-14(11-13)22-28(25,26)16-7-8-18(23)17(12-16)21-19(24)9-6-15-5-2-10-27-15/h1-5,7-8,10-12,22-23H,6,9H2,(H,21,24). The average Bonchev–Trinajstić information content (AvgIpc) is 3.15. The molecule has 2 aromatic carbocycles. The lowest BCUT2D eigenvalue weighted by molar-refractivity contribution is -0.116. The molecule has 0 bridgehead atoms. The molecule has 6 nitrogen and oxygen atoms in total. The van der Waals surface area contributed by atoms with E-state index in [1.54, 1.807) is 29.5 Å². The summed E-state index contributed by atoms with van der Waals surface area (Å²) >= 11 is 7.43. The van der Waals surface area contributed by atoms with E-state index in [2.05, 4.69) is 10.0 Å². The van der Waals surface area contributed by atoms with Crippen LogP contribution in [0.3, 0.4) is 0 Å². The molecule has 0 atom stereocenters. The van der Waals surface area contributed by atoms with Gasteiger partial charge in [-0.3, -0.25) is 9.52 Å². The lowest BCUT2D eigenvalue weighted by Crippen LogP contribution is -2.15. The molecule has 0 aliphatic heterocycles. The number of carbonyl (C=O) groups is 1. The Morgan fingerprint density at radius 1 is 1.11 bits per heavy atom. The van der Waals surface area contributed by atoms with E-state index in [0.717, 1.165) is 4.88 Å². The number of thiophene rings is 1. The average molecular weight is 437 g/mol. The van der Waals surface area contributed by atoms with Crippen molar-refractivity contribution in [2.45, 2.75) is 17.7 Å². The smallest absolute Gasteiger partial charge is 0.261 e. The molecule has 3 N–H and O–H groups in total. The zero-order valence-corrected chi connectivity index (χ0v) is 16.9. The predicted molar refractivity (Wildman–Crippen MR) is 112 cm³/mol. The number of halogens is 1. The van der Waals surface area contributed by atoms with Gasteiger partial charge in [0.05, 0.1) is 16.3 Å². The fourth-order valence-electron chi connectivity index (χ4n) is 2.45. The summed E-state index contributed by atoms with van der Waals surface area (Å²) in [6, 6.07) is 13.8. The second-order valence-corrected chi connectivity index (χ2v) is 9.07. The minimum Gasteiger partial charge on any atom is -0.506 e. The number of rotatable bonds is 7. The largest absolute Gasteiger partial charge is 0.506 e. The summed E-state index contributed by atoms with van der Waals surface area (Å²) in [7, 11) is -3.92. The van der Waals surface area contributed by atoms with Gasteiger partial charge in [-0.1, -0.05) is 23.7 Å². The third-order valence-corrected chi connectivity index (χ3v) is 6.36. The van der Waals surface area contributed by atoms with Crippen LogP contribution in [0, 0.1) is 0 Å². The molecule has 0 spiro atoms. The Morgan fingerprint density at radius 3 is 2.64 bits per heavy atom. The van der Waals surface area contributed by atoms with Crippen molar-refractivity contribution in [3.05, 3.63) is 69.9 Å². The van der Waals surface area contributed by atoms with Gasteiger partial charge >= 0.3 is 0 Å². The summed E-state index contributed by atoms with van der Waals surface area (Å²) < 4.78 is 27.6. The van der Waals surface area contributed by atoms with Crippen molar-refractivity contribution < 1.29 is 18.3 Å². The molecule has 3 rings (SSSR count). The Labute approximate surface area is 171 Å². The van der Waals surface area contributed by atoms with E-state index in [0.29, 0.717) is 17.1 Å². The molecular formula is C19H17ClN2O4S2. The van der Waals surface area contributed by atoms with E-state index in [9.17, 15) is 18.3 Å². The van der Waals surface area contributed by atoms with Crippen LogP contribution in [0.25, 0.3) is 0 Å². The van der Waals surface area contributed by atoms with Crippen molar-refractivity contribution in [2.75, 3.05) is 10.0 Å². The lowest BCUT2D eigenvalue weighted by atomic mass is 10.2. The molecule has 146 valence electrons. The number of amides is 1. The van der Waals surface area contributed by atoms with E-state index in [1.807, 2.05) is 17.5 Å². The number of phenolic OH excluding ortho intramolecular Hbond substituents is 1. The number of hydrogen-bond donors (Lipinski definition) is 3. The number of anilines is 2. The summed E-state index contributed by atoms with van der Waals surface area (Å²) in [5.41, 5.74) is 0.340. The highest BCUT2D eigenvalue weighted by Gasteiger charge is 2.17. The maximum Gasteiger partial charge on any atom is 0.261 e. The third kappa shape index (κ3) is 5.25. The highest BCUT2D eigenvalue weighted by molar-refractivity contribution is 7.92. The highest BCUT2D eigenvalue weighted by Crippen LogP contribution is 2.28. The fraction of sp³-hybridized carbons (Fsp3) is 0.105. The molecule has 0 fully saturated rings. The molecule has 0 unspecified atom stereocenters. The molecule has 1 amide bonds. The minimum absolute atomic E-state index is 0.0325. The second kappa shape index (κ2) is 8.64. The monoisotopic (exact) mass is 436 g/mol. The second-order valence-electron chi connectivity index (χ2n) is 5.92. The first-order valence-electron chi connectivity index (χ1n) is 8.27. The van der Waals surface area contributed by atoms with E-state index < -0.39 is 10.0 Å². The van der Waals surface area contributed by atoms with Crippen molar-refractivity contribution in [1.29, 1.82) is 0 Å². The maximum absolute atomic E-state index is 12.6. The van der Waals surface area contributed by atoms with Gasteiger partial charge in [0.15, 0.2) is 0 Å². The van der Waals surface area contributed by atoms with Crippen LogP contribution < -0.4 is 10.0 Å². The van der Waals surface area contributed by atoms with Crippen molar-refractivity contribution in [3.8, 4) is 5.75 Å². The van der Waals surface area contributed by atoms with Crippen LogP contribution in [0.2, 0.25) is 5.02 Å². The highest BCUT2D eigenvalue weighted by atomic mass is 35.5. The molecule has 0 saturated heterocycles. The molecule has 0 aliphatic carbocycles. The van der Waals surface area contributed by atoms with Crippen molar-refractivity contribution in [2.24, 2.45) is 0 Å². The Kier molecular flexibility index (Phi) is 6.23. The van der Waals surface area contributed by atoms with Crippen molar-refractivity contribution in [3.63, 3.8) is 0 Å². The fourth-order valence-corrected chi connectivity index (χ4v) is 4.43. The molecule has 28 heavy (non-hydrogen) atoms. The first kappa shape index (κ1) is 20.2. The van der Waals surface area contributed by atoms with E-state index >= 15 is 0 Å². The van der Waals surface area contributed by atoms with E-state index in [-0.39, 0.29) is 28.7 Å². The Hall–Kier alpha value is -2.55. The molecule has 0 radical (unpaired) electrons. The summed E-state index contributed by atoms with van der Waals surface area (Å²) in [5.74, 6) is -0.535. The molecule has 1 aromatic heterocycles. The van der Waals surface area contributed by atoms with Crippen LogP contribution in [-0.2, 0) is 21.2 Å². The van der Waals surface area contributed by atoms with Gasteiger partial charge in [-0.25, -0.2) is 8.42 Å². The zero-order valence-electron chi connectivity index (χ0n) is 14.6. The quantitative estimate of drug-likeness (QED) is 0.476. The minimum atomic E-state index is -3.92. The van der Waals surface area contributed by atoms with Gasteiger partial charge in [0, 0.05) is 16.3 Å². The number of carbonyl (C=O) groups excluding carboxylic acids is 1. The predicted octanol–water partition coefficient (Wildman–Crippen LogP) is 4.48. The molecule has 0 aliphatic rings. The number of aryl methyl sites for hydroxylation is 1. The first-order valence-corrected chi connectivity index (χ1v) is 11.0. The molecule has 9 heteroatoms. The number of phenols is 1. The van der Waals surface area contributed by atoms with Crippen LogP contribution in [0.4, 0.5) is 11.4 Å². The van der Waals surface area contributed by atoms with Gasteiger partial charge in [-0.2, -0.15) is 0 Å². The summed E-state index contributed by atoms with van der Waals surface area (Å²) in [5, 5.41) is 14.9. The van der Waals surface area contributed by atoms with Gasteiger partial charge < -0.3 is 10.4 Å². The lowest BCUT2D eigenvalue weighted by Gasteiger charge is -2.12.